The van der Waals surface area contributed by atoms with Crippen LogP contribution in [0.25, 0.3) is 10.2 Å². The van der Waals surface area contributed by atoms with Crippen LogP contribution in [0.3, 0.4) is 0 Å². The van der Waals surface area contributed by atoms with Gasteiger partial charge in [-0.25, -0.2) is 9.97 Å². The molecule has 3 aromatic heterocycles. The Bertz CT molecular complexity index is 1320. The molecule has 9 nitrogen and oxygen atoms in total. The largest absolute Gasteiger partial charge is 0.468 e. The van der Waals surface area contributed by atoms with E-state index in [0.717, 1.165) is 59.2 Å². The second kappa shape index (κ2) is 11.7. The number of piperazine rings is 1. The van der Waals surface area contributed by atoms with E-state index in [4.69, 9.17) is 14.5 Å². The summed E-state index contributed by atoms with van der Waals surface area (Å²) in [6.45, 7) is 7.26. The SMILES string of the molecule is COC(=O)CN1CCN(Cc2cccc(COc3nccc(C(C)c4nc5cnccc5s4)n3)c2)CC1. The molecule has 0 radical (unpaired) electrons. The number of nitrogens with zero attached hydrogens (tertiary/aromatic N) is 6. The molecule has 1 atom stereocenters. The average molecular weight is 519 g/mol. The summed E-state index contributed by atoms with van der Waals surface area (Å²) in [5, 5.41) is 0.992. The highest BCUT2D eigenvalue weighted by atomic mass is 32.1. The van der Waals surface area contributed by atoms with E-state index in [2.05, 4.69) is 55.9 Å². The fourth-order valence-corrected chi connectivity index (χ4v) is 5.35. The number of esters is 1. The van der Waals surface area contributed by atoms with Crippen molar-refractivity contribution in [2.45, 2.75) is 26.0 Å². The minimum absolute atomic E-state index is 0.0270. The van der Waals surface area contributed by atoms with Gasteiger partial charge in [-0.3, -0.25) is 19.6 Å². The van der Waals surface area contributed by atoms with Gasteiger partial charge in [-0.1, -0.05) is 31.2 Å². The zero-order valence-electron chi connectivity index (χ0n) is 21.0. The van der Waals surface area contributed by atoms with Gasteiger partial charge in [-0.15, -0.1) is 11.3 Å². The highest BCUT2D eigenvalue weighted by Gasteiger charge is 2.19. The van der Waals surface area contributed by atoms with Gasteiger partial charge in [0.25, 0.3) is 0 Å². The fraction of sp³-hybridized carbons (Fsp3) is 0.370. The van der Waals surface area contributed by atoms with Crippen LogP contribution >= 0.6 is 11.3 Å². The summed E-state index contributed by atoms with van der Waals surface area (Å²) in [6, 6.07) is 12.7. The van der Waals surface area contributed by atoms with E-state index < -0.39 is 0 Å². The number of benzene rings is 1. The van der Waals surface area contributed by atoms with Gasteiger partial charge in [0, 0.05) is 45.1 Å². The fourth-order valence-electron chi connectivity index (χ4n) is 4.35. The van der Waals surface area contributed by atoms with Crippen molar-refractivity contribution in [1.29, 1.82) is 0 Å². The van der Waals surface area contributed by atoms with Gasteiger partial charge in [0.05, 0.1) is 41.7 Å². The van der Waals surface area contributed by atoms with E-state index in [1.54, 1.807) is 29.9 Å². The topological polar surface area (TPSA) is 93.6 Å². The lowest BCUT2D eigenvalue weighted by molar-refractivity contribution is -0.142. The zero-order chi connectivity index (χ0) is 25.6. The molecular weight excluding hydrogens is 488 g/mol. The van der Waals surface area contributed by atoms with E-state index in [0.29, 0.717) is 19.2 Å². The van der Waals surface area contributed by atoms with Crippen molar-refractivity contribution in [3.8, 4) is 6.01 Å². The number of fused-ring (bicyclic) bond motifs is 1. The van der Waals surface area contributed by atoms with Crippen molar-refractivity contribution in [2.24, 2.45) is 0 Å². The molecule has 0 spiro atoms. The maximum absolute atomic E-state index is 11.5. The molecular formula is C27H30N6O3S. The third-order valence-corrected chi connectivity index (χ3v) is 7.71. The van der Waals surface area contributed by atoms with Crippen LogP contribution in [0, 0.1) is 0 Å². The molecule has 10 heteroatoms. The zero-order valence-corrected chi connectivity index (χ0v) is 21.9. The number of carbonyl (C=O) groups is 1. The quantitative estimate of drug-likeness (QED) is 0.309. The lowest BCUT2D eigenvalue weighted by Gasteiger charge is -2.34. The molecule has 4 aromatic rings. The predicted molar refractivity (Wildman–Crippen MR) is 141 cm³/mol. The van der Waals surface area contributed by atoms with Gasteiger partial charge >= 0.3 is 12.0 Å². The van der Waals surface area contributed by atoms with Gasteiger partial charge in [0.2, 0.25) is 0 Å². The molecule has 192 valence electrons. The van der Waals surface area contributed by atoms with E-state index in [9.17, 15) is 4.79 Å². The summed E-state index contributed by atoms with van der Waals surface area (Å²) >= 11 is 1.66. The van der Waals surface area contributed by atoms with Gasteiger partial charge < -0.3 is 9.47 Å². The number of rotatable bonds is 9. The number of methoxy groups -OCH3 is 1. The van der Waals surface area contributed by atoms with Gasteiger partial charge in [0.1, 0.15) is 11.6 Å². The highest BCUT2D eigenvalue weighted by molar-refractivity contribution is 7.18. The minimum atomic E-state index is -0.181. The van der Waals surface area contributed by atoms with Crippen LogP contribution in [-0.4, -0.2) is 75.5 Å². The lowest BCUT2D eigenvalue weighted by atomic mass is 10.1. The van der Waals surface area contributed by atoms with Crippen molar-refractivity contribution in [3.63, 3.8) is 0 Å². The normalized spacial score (nSPS) is 15.5. The van der Waals surface area contributed by atoms with Crippen LogP contribution in [0.5, 0.6) is 6.01 Å². The first-order valence-electron chi connectivity index (χ1n) is 12.3. The molecule has 1 aliphatic rings. The number of ether oxygens (including phenoxy) is 2. The molecule has 0 aliphatic carbocycles. The third kappa shape index (κ3) is 6.46. The second-order valence-corrected chi connectivity index (χ2v) is 10.2. The van der Waals surface area contributed by atoms with E-state index in [1.807, 2.05) is 12.1 Å². The summed E-state index contributed by atoms with van der Waals surface area (Å²) in [4.78, 5) is 33.9. The Morgan fingerprint density at radius 2 is 1.86 bits per heavy atom. The van der Waals surface area contributed by atoms with Crippen molar-refractivity contribution >= 4 is 27.5 Å². The van der Waals surface area contributed by atoms with E-state index in [-0.39, 0.29) is 11.9 Å². The molecule has 1 aromatic carbocycles. The molecule has 0 amide bonds. The number of aromatic nitrogens is 4. The molecule has 0 saturated carbocycles. The van der Waals surface area contributed by atoms with Crippen LogP contribution in [0.1, 0.15) is 34.7 Å². The summed E-state index contributed by atoms with van der Waals surface area (Å²) in [5.74, 6) is -0.154. The van der Waals surface area contributed by atoms with E-state index in [1.165, 1.54) is 12.7 Å². The summed E-state index contributed by atoms with van der Waals surface area (Å²) in [6.07, 6.45) is 5.31. The van der Waals surface area contributed by atoms with Gasteiger partial charge in [-0.05, 0) is 23.3 Å². The minimum Gasteiger partial charge on any atom is -0.468 e. The second-order valence-electron chi connectivity index (χ2n) is 9.12. The summed E-state index contributed by atoms with van der Waals surface area (Å²) < 4.78 is 11.9. The Labute approximate surface area is 220 Å². The smallest absolute Gasteiger partial charge is 0.319 e. The van der Waals surface area contributed by atoms with Crippen LogP contribution < -0.4 is 4.74 Å². The lowest BCUT2D eigenvalue weighted by Crippen LogP contribution is -2.47. The first-order valence-corrected chi connectivity index (χ1v) is 13.1. The molecule has 1 aliphatic heterocycles. The molecule has 0 N–H and O–H groups in total. The van der Waals surface area contributed by atoms with E-state index >= 15 is 0 Å². The molecule has 0 bridgehead atoms. The number of thiazole rings is 1. The number of carbonyl (C=O) groups excluding carboxylic acids is 1. The number of hydrogen-bond donors (Lipinski definition) is 0. The maximum atomic E-state index is 11.5. The summed E-state index contributed by atoms with van der Waals surface area (Å²) in [5.41, 5.74) is 4.08. The highest BCUT2D eigenvalue weighted by Crippen LogP contribution is 2.30. The Morgan fingerprint density at radius 3 is 2.68 bits per heavy atom. The monoisotopic (exact) mass is 518 g/mol. The molecule has 1 unspecified atom stereocenters. The Morgan fingerprint density at radius 1 is 1.05 bits per heavy atom. The van der Waals surface area contributed by atoms with Crippen molar-refractivity contribution < 1.29 is 14.3 Å². The molecule has 5 rings (SSSR count). The van der Waals surface area contributed by atoms with Gasteiger partial charge in [0.15, 0.2) is 0 Å². The van der Waals surface area contributed by atoms with Crippen LogP contribution in [0.2, 0.25) is 0 Å². The Hall–Kier alpha value is -3.47. The molecule has 1 saturated heterocycles. The van der Waals surface area contributed by atoms with Crippen molar-refractivity contribution in [3.05, 3.63) is 76.8 Å². The van der Waals surface area contributed by atoms with Crippen LogP contribution in [0.4, 0.5) is 0 Å². The Kier molecular flexibility index (Phi) is 7.98. The Balaban J connectivity index is 1.16. The predicted octanol–water partition coefficient (Wildman–Crippen LogP) is 3.50. The summed E-state index contributed by atoms with van der Waals surface area (Å²) in [7, 11) is 1.43. The molecule has 4 heterocycles. The number of hydrogen-bond acceptors (Lipinski definition) is 10. The van der Waals surface area contributed by atoms with Gasteiger partial charge in [-0.2, -0.15) is 4.98 Å². The van der Waals surface area contributed by atoms with Crippen molar-refractivity contribution in [2.75, 3.05) is 39.8 Å². The molecule has 37 heavy (non-hydrogen) atoms. The van der Waals surface area contributed by atoms with Crippen LogP contribution in [0.15, 0.2) is 55.0 Å². The molecule has 1 fully saturated rings. The third-order valence-electron chi connectivity index (χ3n) is 6.49. The maximum Gasteiger partial charge on any atom is 0.319 e. The first kappa shape index (κ1) is 25.2. The average Bonchev–Trinajstić information content (AvgIpc) is 3.37. The van der Waals surface area contributed by atoms with Crippen molar-refractivity contribution in [1.82, 2.24) is 29.7 Å². The first-order chi connectivity index (χ1) is 18.1. The van der Waals surface area contributed by atoms with Crippen LogP contribution in [-0.2, 0) is 22.7 Å². The number of pyridine rings is 1. The standard InChI is InChI=1S/C27H30N6O3S/c1-19(26-30-23-15-28-8-7-24(23)37-26)22-6-9-29-27(31-22)36-18-21-5-3-4-20(14-21)16-32-10-12-33(13-11-32)17-25(34)35-2/h3-9,14-15,19H,10-13,16-18H2,1-2H3.